The number of aliphatic carboxylic acids is 1. The molecule has 0 saturated carbocycles. The number of nitrogens with zero attached hydrogens (tertiary/aromatic N) is 2. The van der Waals surface area contributed by atoms with Gasteiger partial charge in [0.05, 0.1) is 28.6 Å². The quantitative estimate of drug-likeness (QED) is 0.331. The Morgan fingerprint density at radius 2 is 1.39 bits per heavy atom. The number of aromatic nitrogens is 1. The van der Waals surface area contributed by atoms with Crippen LogP contribution in [0, 0.1) is 0 Å². The van der Waals surface area contributed by atoms with Crippen molar-refractivity contribution in [3.8, 4) is 21.7 Å². The molecule has 1 heterocycles. The van der Waals surface area contributed by atoms with Crippen molar-refractivity contribution in [2.24, 2.45) is 0 Å². The molecule has 5 nitrogen and oxygen atoms in total. The summed E-state index contributed by atoms with van der Waals surface area (Å²) in [7, 11) is 0. The van der Waals surface area contributed by atoms with Crippen molar-refractivity contribution in [2.75, 3.05) is 16.4 Å². The highest BCUT2D eigenvalue weighted by molar-refractivity contribution is 8.00. The second-order valence-corrected chi connectivity index (χ2v) is 9.22. The molecular formula is C26H22N2O3S2. The lowest BCUT2D eigenvalue weighted by molar-refractivity contribution is -0.133. The number of rotatable bonds is 9. The maximum absolute atomic E-state index is 13.2. The van der Waals surface area contributed by atoms with Crippen molar-refractivity contribution in [2.45, 2.75) is 6.54 Å². The number of carboxylic acid groups (broad SMARTS) is 1. The Labute approximate surface area is 200 Å². The van der Waals surface area contributed by atoms with Gasteiger partial charge in [-0.3, -0.25) is 14.5 Å². The van der Waals surface area contributed by atoms with E-state index in [4.69, 9.17) is 10.1 Å². The number of carbonyl (C=O) groups excluding carboxylic acids is 1. The molecular weight excluding hydrogens is 452 g/mol. The topological polar surface area (TPSA) is 70.5 Å². The molecule has 7 heteroatoms. The van der Waals surface area contributed by atoms with Crippen LogP contribution >= 0.6 is 23.1 Å². The number of thioether (sulfide) groups is 1. The largest absolute Gasteiger partial charge is 0.481 e. The van der Waals surface area contributed by atoms with E-state index in [-0.39, 0.29) is 17.4 Å². The van der Waals surface area contributed by atoms with Gasteiger partial charge in [0.25, 0.3) is 0 Å². The molecule has 3 aromatic carbocycles. The molecule has 166 valence electrons. The average Bonchev–Trinajstić information content (AvgIpc) is 3.29. The van der Waals surface area contributed by atoms with E-state index in [0.29, 0.717) is 11.7 Å². The van der Waals surface area contributed by atoms with Crippen LogP contribution in [0.25, 0.3) is 21.7 Å². The molecule has 0 unspecified atom stereocenters. The van der Waals surface area contributed by atoms with Gasteiger partial charge >= 0.3 is 5.97 Å². The highest BCUT2D eigenvalue weighted by Crippen LogP contribution is 2.40. The van der Waals surface area contributed by atoms with Gasteiger partial charge in [0.2, 0.25) is 5.91 Å². The molecule has 33 heavy (non-hydrogen) atoms. The molecule has 0 fully saturated rings. The summed E-state index contributed by atoms with van der Waals surface area (Å²) < 4.78 is 0. The number of thiazole rings is 1. The third-order valence-electron chi connectivity index (χ3n) is 4.87. The maximum atomic E-state index is 13.2. The maximum Gasteiger partial charge on any atom is 0.313 e. The van der Waals surface area contributed by atoms with Crippen LogP contribution in [0.15, 0.2) is 91.0 Å². The van der Waals surface area contributed by atoms with Crippen molar-refractivity contribution in [3.05, 3.63) is 96.6 Å². The molecule has 0 aliphatic carbocycles. The van der Waals surface area contributed by atoms with Crippen molar-refractivity contribution in [1.82, 2.24) is 4.98 Å². The Kier molecular flexibility index (Phi) is 7.55. The number of carboxylic acids is 1. The minimum absolute atomic E-state index is 0.0695. The van der Waals surface area contributed by atoms with Crippen molar-refractivity contribution in [3.63, 3.8) is 0 Å². The van der Waals surface area contributed by atoms with Gasteiger partial charge in [-0.2, -0.15) is 0 Å². The fraction of sp³-hybridized carbons (Fsp3) is 0.115. The summed E-state index contributed by atoms with van der Waals surface area (Å²) in [6.07, 6.45) is 0. The molecule has 0 bridgehead atoms. The predicted octanol–water partition coefficient (Wildman–Crippen LogP) is 5.83. The van der Waals surface area contributed by atoms with Crippen LogP contribution in [-0.4, -0.2) is 33.5 Å². The first-order chi connectivity index (χ1) is 16.1. The number of hydrogen-bond acceptors (Lipinski definition) is 5. The highest BCUT2D eigenvalue weighted by atomic mass is 32.2. The molecule has 0 spiro atoms. The summed E-state index contributed by atoms with van der Waals surface area (Å²) in [6, 6.07) is 29.7. The molecule has 0 aliphatic rings. The normalized spacial score (nSPS) is 10.7. The number of benzene rings is 3. The first-order valence-electron chi connectivity index (χ1n) is 10.4. The van der Waals surface area contributed by atoms with E-state index in [0.717, 1.165) is 39.0 Å². The number of amides is 1. The van der Waals surface area contributed by atoms with Gasteiger partial charge in [0, 0.05) is 5.56 Å². The molecule has 1 N–H and O–H groups in total. The zero-order valence-electron chi connectivity index (χ0n) is 17.8. The standard InChI is InChI=1S/C26H22N2O3S2/c29-22(17-32-18-23(30)31)28(16-19-10-4-1-5-11-19)26-27-24(20-12-6-2-7-13-20)25(33-26)21-14-8-3-9-15-21/h1-15H,16-18H2,(H,30,31). The summed E-state index contributed by atoms with van der Waals surface area (Å²) in [5, 5.41) is 9.55. The zero-order chi connectivity index (χ0) is 23.0. The third-order valence-corrected chi connectivity index (χ3v) is 6.90. The van der Waals surface area contributed by atoms with Crippen molar-refractivity contribution >= 4 is 40.1 Å². The highest BCUT2D eigenvalue weighted by Gasteiger charge is 2.23. The minimum atomic E-state index is -0.936. The Morgan fingerprint density at radius 3 is 2.00 bits per heavy atom. The van der Waals surface area contributed by atoms with Crippen LogP contribution in [0.1, 0.15) is 5.56 Å². The van der Waals surface area contributed by atoms with Crippen molar-refractivity contribution in [1.29, 1.82) is 0 Å². The van der Waals surface area contributed by atoms with Crippen LogP contribution in [0.5, 0.6) is 0 Å². The van der Waals surface area contributed by atoms with Crippen LogP contribution < -0.4 is 4.90 Å². The summed E-state index contributed by atoms with van der Waals surface area (Å²) in [5.74, 6) is -1.15. The van der Waals surface area contributed by atoms with Crippen molar-refractivity contribution < 1.29 is 14.7 Å². The lowest BCUT2D eigenvalue weighted by Gasteiger charge is -2.20. The Balaban J connectivity index is 1.74. The molecule has 1 aromatic heterocycles. The van der Waals surface area contributed by atoms with Crippen LogP contribution in [-0.2, 0) is 16.1 Å². The minimum Gasteiger partial charge on any atom is -0.481 e. The zero-order valence-corrected chi connectivity index (χ0v) is 19.4. The Morgan fingerprint density at radius 1 is 0.818 bits per heavy atom. The second kappa shape index (κ2) is 10.9. The van der Waals surface area contributed by atoms with E-state index in [2.05, 4.69) is 0 Å². The lowest BCUT2D eigenvalue weighted by Crippen LogP contribution is -2.32. The first-order valence-corrected chi connectivity index (χ1v) is 12.3. The van der Waals surface area contributed by atoms with Crippen LogP contribution in [0.2, 0.25) is 0 Å². The second-order valence-electron chi connectivity index (χ2n) is 7.26. The summed E-state index contributed by atoms with van der Waals surface area (Å²) in [6.45, 7) is 0.364. The Hall–Kier alpha value is -3.42. The Bertz CT molecular complexity index is 1160. The van der Waals surface area contributed by atoms with Gasteiger partial charge in [0.1, 0.15) is 0 Å². The summed E-state index contributed by atoms with van der Waals surface area (Å²) in [4.78, 5) is 31.7. The van der Waals surface area contributed by atoms with Gasteiger partial charge in [-0.1, -0.05) is 102 Å². The van der Waals surface area contributed by atoms with E-state index in [1.807, 2.05) is 91.0 Å². The van der Waals surface area contributed by atoms with Crippen LogP contribution in [0.4, 0.5) is 5.13 Å². The van der Waals surface area contributed by atoms with Gasteiger partial charge in [-0.15, -0.1) is 11.8 Å². The third kappa shape index (κ3) is 5.88. The SMILES string of the molecule is O=C(O)CSCC(=O)N(Cc1ccccc1)c1nc(-c2ccccc2)c(-c2ccccc2)s1. The predicted molar refractivity (Wildman–Crippen MR) is 136 cm³/mol. The number of hydrogen-bond donors (Lipinski definition) is 1. The van der Waals surface area contributed by atoms with Gasteiger partial charge < -0.3 is 5.11 Å². The monoisotopic (exact) mass is 474 g/mol. The molecule has 4 rings (SSSR count). The van der Waals surface area contributed by atoms with E-state index >= 15 is 0 Å². The molecule has 0 saturated heterocycles. The molecule has 4 aromatic rings. The van der Waals surface area contributed by atoms with Gasteiger partial charge in [-0.25, -0.2) is 4.98 Å². The van der Waals surface area contributed by atoms with E-state index < -0.39 is 5.97 Å². The lowest BCUT2D eigenvalue weighted by atomic mass is 10.1. The number of anilines is 1. The van der Waals surface area contributed by atoms with Gasteiger partial charge in [-0.05, 0) is 11.1 Å². The van der Waals surface area contributed by atoms with E-state index in [1.165, 1.54) is 11.3 Å². The molecule has 0 atom stereocenters. The fourth-order valence-electron chi connectivity index (χ4n) is 3.33. The van der Waals surface area contributed by atoms with Gasteiger partial charge in [0.15, 0.2) is 5.13 Å². The fourth-order valence-corrected chi connectivity index (χ4v) is 5.05. The first kappa shape index (κ1) is 22.8. The number of carbonyl (C=O) groups is 2. The average molecular weight is 475 g/mol. The van der Waals surface area contributed by atoms with Crippen LogP contribution in [0.3, 0.4) is 0 Å². The smallest absolute Gasteiger partial charge is 0.313 e. The van der Waals surface area contributed by atoms with E-state index in [9.17, 15) is 9.59 Å². The molecule has 1 amide bonds. The summed E-state index contributed by atoms with van der Waals surface area (Å²) >= 11 is 2.56. The summed E-state index contributed by atoms with van der Waals surface area (Å²) in [5.41, 5.74) is 3.82. The molecule has 0 aliphatic heterocycles. The molecule has 0 radical (unpaired) electrons. The van der Waals surface area contributed by atoms with E-state index in [1.54, 1.807) is 4.90 Å².